The van der Waals surface area contributed by atoms with Crippen LogP contribution in [0.2, 0.25) is 0 Å². The molecule has 0 unspecified atom stereocenters. The van der Waals surface area contributed by atoms with Crippen molar-refractivity contribution in [3.05, 3.63) is 30.3 Å². The molecule has 0 saturated heterocycles. The molecule has 100 valence electrons. The fourth-order valence-electron chi connectivity index (χ4n) is 1.99. The lowest BCUT2D eigenvalue weighted by Gasteiger charge is -2.12. The van der Waals surface area contributed by atoms with Crippen LogP contribution in [0.3, 0.4) is 0 Å². The Morgan fingerprint density at radius 2 is 1.89 bits per heavy atom. The van der Waals surface area contributed by atoms with Gasteiger partial charge in [-0.2, -0.15) is 0 Å². The second-order valence-corrected chi connectivity index (χ2v) is 4.48. The summed E-state index contributed by atoms with van der Waals surface area (Å²) in [5.41, 5.74) is 2.24. The predicted octanol–water partition coefficient (Wildman–Crippen LogP) is 4.69. The molecule has 0 spiro atoms. The van der Waals surface area contributed by atoms with Gasteiger partial charge in [-0.3, -0.25) is 0 Å². The molecule has 0 amide bonds. The first kappa shape index (κ1) is 14.6. The second kappa shape index (κ2) is 7.80. The first-order valence-corrected chi connectivity index (χ1v) is 6.63. The minimum Gasteiger partial charge on any atom is -0.497 e. The molecule has 0 aromatic heterocycles. The Hall–Kier alpha value is -1.44. The Bertz CT molecular complexity index is 383. The van der Waals surface area contributed by atoms with E-state index in [-0.39, 0.29) is 0 Å². The van der Waals surface area contributed by atoms with E-state index in [0.29, 0.717) is 0 Å². The van der Waals surface area contributed by atoms with Crippen LogP contribution in [0, 0.1) is 0 Å². The van der Waals surface area contributed by atoms with Crippen LogP contribution >= 0.6 is 0 Å². The van der Waals surface area contributed by atoms with Crippen LogP contribution in [-0.2, 0) is 0 Å². The van der Waals surface area contributed by atoms with E-state index in [4.69, 9.17) is 9.47 Å². The quantitative estimate of drug-likeness (QED) is 0.621. The van der Waals surface area contributed by atoms with Crippen molar-refractivity contribution in [2.45, 2.75) is 39.0 Å². The van der Waals surface area contributed by atoms with Gasteiger partial charge in [0.05, 0.1) is 14.2 Å². The van der Waals surface area contributed by atoms with Crippen molar-refractivity contribution in [2.75, 3.05) is 14.2 Å². The van der Waals surface area contributed by atoms with Gasteiger partial charge in [0.15, 0.2) is 0 Å². The summed E-state index contributed by atoms with van der Waals surface area (Å²) in [4.78, 5) is 0. The summed E-state index contributed by atoms with van der Waals surface area (Å²) in [6, 6.07) is 5.89. The molecule has 0 atom stereocenters. The molecule has 1 rings (SSSR count). The van der Waals surface area contributed by atoms with Crippen molar-refractivity contribution in [2.24, 2.45) is 0 Å². The highest BCUT2D eigenvalue weighted by molar-refractivity contribution is 5.69. The first-order valence-electron chi connectivity index (χ1n) is 6.63. The van der Waals surface area contributed by atoms with E-state index in [1.54, 1.807) is 14.2 Å². The normalized spacial score (nSPS) is 10.2. The topological polar surface area (TPSA) is 18.5 Å². The highest BCUT2D eigenvalue weighted by Gasteiger charge is 2.08. The number of allylic oxidation sites excluding steroid dienone is 1. The number of ether oxygens (including phenoxy) is 2. The van der Waals surface area contributed by atoms with Crippen LogP contribution in [-0.4, -0.2) is 14.2 Å². The maximum Gasteiger partial charge on any atom is 0.130 e. The van der Waals surface area contributed by atoms with Gasteiger partial charge in [-0.15, -0.1) is 0 Å². The van der Waals surface area contributed by atoms with E-state index >= 15 is 0 Å². The van der Waals surface area contributed by atoms with Crippen LogP contribution in [0.5, 0.6) is 11.5 Å². The number of hydrogen-bond donors (Lipinski definition) is 0. The Morgan fingerprint density at radius 1 is 1.11 bits per heavy atom. The maximum atomic E-state index is 5.40. The lowest BCUT2D eigenvalue weighted by atomic mass is 10.00. The summed E-state index contributed by atoms with van der Waals surface area (Å²) in [7, 11) is 3.34. The summed E-state index contributed by atoms with van der Waals surface area (Å²) >= 11 is 0. The molecule has 1 aromatic carbocycles. The molecular formula is C16H24O2. The van der Waals surface area contributed by atoms with Gasteiger partial charge in [-0.05, 0) is 30.5 Å². The van der Waals surface area contributed by atoms with Crippen molar-refractivity contribution in [1.82, 2.24) is 0 Å². The van der Waals surface area contributed by atoms with Crippen molar-refractivity contribution >= 4 is 5.57 Å². The van der Waals surface area contributed by atoms with Crippen LogP contribution in [0.1, 0.15) is 44.6 Å². The van der Waals surface area contributed by atoms with Gasteiger partial charge in [0, 0.05) is 11.6 Å². The molecule has 0 heterocycles. The van der Waals surface area contributed by atoms with Crippen LogP contribution < -0.4 is 9.47 Å². The van der Waals surface area contributed by atoms with Crippen molar-refractivity contribution < 1.29 is 9.47 Å². The molecule has 0 aliphatic rings. The fraction of sp³-hybridized carbons (Fsp3) is 0.500. The monoisotopic (exact) mass is 248 g/mol. The number of unbranched alkanes of at least 4 members (excludes halogenated alkanes) is 3. The molecular weight excluding hydrogens is 224 g/mol. The van der Waals surface area contributed by atoms with Gasteiger partial charge >= 0.3 is 0 Å². The van der Waals surface area contributed by atoms with E-state index in [1.807, 2.05) is 18.2 Å². The standard InChI is InChI=1S/C16H24O2/c1-5-6-7-8-9-13(2)15-11-10-14(17-3)12-16(15)18-4/h10-12H,2,5-9H2,1,3-4H3. The van der Waals surface area contributed by atoms with E-state index in [2.05, 4.69) is 13.5 Å². The minimum atomic E-state index is 0.814. The Labute approximate surface area is 111 Å². The lowest BCUT2D eigenvalue weighted by molar-refractivity contribution is 0.393. The molecule has 2 heteroatoms. The van der Waals surface area contributed by atoms with E-state index in [9.17, 15) is 0 Å². The zero-order valence-electron chi connectivity index (χ0n) is 11.8. The van der Waals surface area contributed by atoms with Gasteiger partial charge in [0.25, 0.3) is 0 Å². The fourth-order valence-corrected chi connectivity index (χ4v) is 1.99. The van der Waals surface area contributed by atoms with Crippen molar-refractivity contribution in [1.29, 1.82) is 0 Å². The zero-order valence-corrected chi connectivity index (χ0v) is 11.8. The summed E-state index contributed by atoms with van der Waals surface area (Å²) in [5.74, 6) is 1.66. The van der Waals surface area contributed by atoms with E-state index in [1.165, 1.54) is 25.7 Å². The van der Waals surface area contributed by atoms with Gasteiger partial charge in [-0.25, -0.2) is 0 Å². The first-order chi connectivity index (χ1) is 8.72. The average molecular weight is 248 g/mol. The maximum absolute atomic E-state index is 5.40. The average Bonchev–Trinajstić information content (AvgIpc) is 2.42. The van der Waals surface area contributed by atoms with Gasteiger partial charge in [0.1, 0.15) is 11.5 Å². The van der Waals surface area contributed by atoms with Crippen LogP contribution in [0.25, 0.3) is 5.57 Å². The Kier molecular flexibility index (Phi) is 6.34. The van der Waals surface area contributed by atoms with E-state index < -0.39 is 0 Å². The largest absolute Gasteiger partial charge is 0.497 e. The third-order valence-corrected chi connectivity index (χ3v) is 3.12. The highest BCUT2D eigenvalue weighted by atomic mass is 16.5. The lowest BCUT2D eigenvalue weighted by Crippen LogP contribution is -1.93. The van der Waals surface area contributed by atoms with Gasteiger partial charge < -0.3 is 9.47 Å². The number of hydrogen-bond acceptors (Lipinski definition) is 2. The molecule has 0 N–H and O–H groups in total. The van der Waals surface area contributed by atoms with Crippen LogP contribution in [0.4, 0.5) is 0 Å². The van der Waals surface area contributed by atoms with Gasteiger partial charge in [0.2, 0.25) is 0 Å². The van der Waals surface area contributed by atoms with E-state index in [0.717, 1.165) is 29.1 Å². The Morgan fingerprint density at radius 3 is 2.50 bits per heavy atom. The molecule has 1 aromatic rings. The summed E-state index contributed by atoms with van der Waals surface area (Å²) < 4.78 is 10.6. The van der Waals surface area contributed by atoms with Gasteiger partial charge in [-0.1, -0.05) is 32.8 Å². The number of benzene rings is 1. The third-order valence-electron chi connectivity index (χ3n) is 3.12. The highest BCUT2D eigenvalue weighted by Crippen LogP contribution is 2.31. The van der Waals surface area contributed by atoms with Crippen LogP contribution in [0.15, 0.2) is 24.8 Å². The predicted molar refractivity (Wildman–Crippen MR) is 77.3 cm³/mol. The summed E-state index contributed by atoms with van der Waals surface area (Å²) in [6.45, 7) is 6.39. The molecule has 0 fully saturated rings. The second-order valence-electron chi connectivity index (χ2n) is 4.48. The summed E-state index contributed by atoms with van der Waals surface area (Å²) in [6.07, 6.45) is 6.06. The molecule has 2 nitrogen and oxygen atoms in total. The number of methoxy groups -OCH3 is 2. The Balaban J connectivity index is 2.66. The molecule has 0 saturated carbocycles. The molecule has 0 aliphatic carbocycles. The smallest absolute Gasteiger partial charge is 0.130 e. The summed E-state index contributed by atoms with van der Waals surface area (Å²) in [5, 5.41) is 0. The zero-order chi connectivity index (χ0) is 13.4. The van der Waals surface area contributed by atoms with Crippen molar-refractivity contribution in [3.8, 4) is 11.5 Å². The SMILES string of the molecule is C=C(CCCCCC)c1ccc(OC)cc1OC. The third kappa shape index (κ3) is 4.10. The molecule has 0 aliphatic heterocycles. The minimum absolute atomic E-state index is 0.814. The van der Waals surface area contributed by atoms with Crippen molar-refractivity contribution in [3.63, 3.8) is 0 Å². The molecule has 0 bridgehead atoms. The number of rotatable bonds is 8. The molecule has 0 radical (unpaired) electrons. The molecule has 18 heavy (non-hydrogen) atoms.